The van der Waals surface area contributed by atoms with Gasteiger partial charge in [-0.3, -0.25) is 4.79 Å². The molecular weight excluding hydrogens is 213 g/mol. The first kappa shape index (κ1) is 11.8. The van der Waals surface area contributed by atoms with Crippen LogP contribution in [0.25, 0.3) is 0 Å². The van der Waals surface area contributed by atoms with Crippen molar-refractivity contribution in [2.45, 2.75) is 25.6 Å². The SMILES string of the molecule is CC1CC(C(=O)N(C)CC(F)(F)F)=NO1. The number of carbonyl (C=O) groups excluding carboxylic acids is 1. The first-order valence-electron chi connectivity index (χ1n) is 4.34. The molecular formula is C8H11F3N2O2. The molecule has 4 nitrogen and oxygen atoms in total. The number of carbonyl (C=O) groups is 1. The lowest BCUT2D eigenvalue weighted by Gasteiger charge is -2.18. The fraction of sp³-hybridized carbons (Fsp3) is 0.750. The molecule has 0 fully saturated rings. The molecule has 0 aromatic rings. The Balaban J connectivity index is 2.54. The zero-order chi connectivity index (χ0) is 11.6. The van der Waals surface area contributed by atoms with Gasteiger partial charge in [-0.2, -0.15) is 13.2 Å². The number of alkyl halides is 3. The summed E-state index contributed by atoms with van der Waals surface area (Å²) in [6.07, 6.45) is -4.39. The van der Waals surface area contributed by atoms with E-state index in [1.165, 1.54) is 0 Å². The van der Waals surface area contributed by atoms with Gasteiger partial charge in [-0.25, -0.2) is 0 Å². The molecule has 0 aromatic carbocycles. The van der Waals surface area contributed by atoms with Gasteiger partial charge in [-0.05, 0) is 6.92 Å². The summed E-state index contributed by atoms with van der Waals surface area (Å²) in [5.74, 6) is -0.739. The fourth-order valence-electron chi connectivity index (χ4n) is 1.19. The first-order chi connectivity index (χ1) is 6.79. The Morgan fingerprint density at radius 1 is 1.67 bits per heavy atom. The van der Waals surface area contributed by atoms with Crippen LogP contribution < -0.4 is 0 Å². The first-order valence-corrected chi connectivity index (χ1v) is 4.34. The summed E-state index contributed by atoms with van der Waals surface area (Å²) in [6.45, 7) is 0.409. The molecule has 1 rings (SSSR count). The number of rotatable bonds is 2. The lowest BCUT2D eigenvalue weighted by atomic mass is 10.2. The van der Waals surface area contributed by atoms with Crippen LogP contribution in [0.4, 0.5) is 13.2 Å². The summed E-state index contributed by atoms with van der Waals surface area (Å²) in [5.41, 5.74) is 0.0363. The lowest BCUT2D eigenvalue weighted by Crippen LogP contribution is -2.39. The second-order valence-electron chi connectivity index (χ2n) is 3.43. The van der Waals surface area contributed by atoms with E-state index >= 15 is 0 Å². The van der Waals surface area contributed by atoms with Crippen LogP contribution in [0.2, 0.25) is 0 Å². The van der Waals surface area contributed by atoms with Crippen LogP contribution in [-0.4, -0.2) is 42.4 Å². The van der Waals surface area contributed by atoms with Crippen LogP contribution in [0.1, 0.15) is 13.3 Å². The third-order valence-electron chi connectivity index (χ3n) is 1.83. The van der Waals surface area contributed by atoms with Crippen molar-refractivity contribution in [1.82, 2.24) is 4.90 Å². The number of halogens is 3. The number of oxime groups is 1. The molecule has 1 atom stereocenters. The Bertz CT molecular complexity index is 288. The Hall–Kier alpha value is -1.27. The zero-order valence-corrected chi connectivity index (χ0v) is 8.34. The van der Waals surface area contributed by atoms with Gasteiger partial charge in [-0.1, -0.05) is 5.16 Å². The summed E-state index contributed by atoms with van der Waals surface area (Å²) in [5, 5.41) is 3.43. The Morgan fingerprint density at radius 2 is 2.27 bits per heavy atom. The van der Waals surface area contributed by atoms with Gasteiger partial charge < -0.3 is 9.74 Å². The predicted molar refractivity (Wildman–Crippen MR) is 46.3 cm³/mol. The maximum Gasteiger partial charge on any atom is 0.406 e. The van der Waals surface area contributed by atoms with Crippen LogP contribution >= 0.6 is 0 Å². The lowest BCUT2D eigenvalue weighted by molar-refractivity contribution is -0.154. The molecule has 1 aliphatic rings. The average molecular weight is 224 g/mol. The van der Waals surface area contributed by atoms with Gasteiger partial charge in [0.15, 0.2) is 0 Å². The molecule has 1 amide bonds. The Morgan fingerprint density at radius 3 is 2.67 bits per heavy atom. The summed E-state index contributed by atoms with van der Waals surface area (Å²) in [6, 6.07) is 0. The van der Waals surface area contributed by atoms with E-state index in [1.807, 2.05) is 0 Å². The van der Waals surface area contributed by atoms with Gasteiger partial charge in [0, 0.05) is 13.5 Å². The normalized spacial score (nSPS) is 20.9. The van der Waals surface area contributed by atoms with E-state index in [9.17, 15) is 18.0 Å². The minimum absolute atomic E-state index is 0.0363. The van der Waals surface area contributed by atoms with Crippen molar-refractivity contribution >= 4 is 11.6 Å². The number of amides is 1. The molecule has 0 aliphatic carbocycles. The third-order valence-corrected chi connectivity index (χ3v) is 1.83. The number of nitrogens with zero attached hydrogens (tertiary/aromatic N) is 2. The van der Waals surface area contributed by atoms with Crippen molar-refractivity contribution in [2.24, 2.45) is 5.16 Å². The van der Waals surface area contributed by atoms with E-state index in [1.54, 1.807) is 6.92 Å². The number of hydrogen-bond donors (Lipinski definition) is 0. The molecule has 0 bridgehead atoms. The van der Waals surface area contributed by atoms with Crippen LogP contribution in [0.3, 0.4) is 0 Å². The second-order valence-corrected chi connectivity index (χ2v) is 3.43. The van der Waals surface area contributed by atoms with Gasteiger partial charge >= 0.3 is 6.18 Å². The summed E-state index contributed by atoms with van der Waals surface area (Å²) >= 11 is 0. The highest BCUT2D eigenvalue weighted by molar-refractivity contribution is 6.39. The van der Waals surface area contributed by atoms with Crippen molar-refractivity contribution in [2.75, 3.05) is 13.6 Å². The summed E-state index contributed by atoms with van der Waals surface area (Å²) in [7, 11) is 1.08. The topological polar surface area (TPSA) is 41.9 Å². The molecule has 0 saturated carbocycles. The molecule has 1 unspecified atom stereocenters. The van der Waals surface area contributed by atoms with Gasteiger partial charge in [0.1, 0.15) is 18.4 Å². The van der Waals surface area contributed by atoms with E-state index in [0.29, 0.717) is 4.90 Å². The summed E-state index contributed by atoms with van der Waals surface area (Å²) < 4.78 is 35.9. The van der Waals surface area contributed by atoms with Crippen LogP contribution in [-0.2, 0) is 9.63 Å². The minimum Gasteiger partial charge on any atom is -0.392 e. The highest BCUT2D eigenvalue weighted by Gasteiger charge is 2.34. The Kier molecular flexibility index (Phi) is 3.21. The van der Waals surface area contributed by atoms with E-state index in [-0.39, 0.29) is 18.2 Å². The van der Waals surface area contributed by atoms with E-state index in [0.717, 1.165) is 7.05 Å². The Labute approximate surface area is 84.7 Å². The van der Waals surface area contributed by atoms with Crippen molar-refractivity contribution < 1.29 is 22.8 Å². The standard InChI is InChI=1S/C8H11F3N2O2/c1-5-3-6(12-15-5)7(14)13(2)4-8(9,10)11/h5H,3-4H2,1-2H3. The maximum atomic E-state index is 12.0. The molecule has 0 N–H and O–H groups in total. The number of hydrogen-bond acceptors (Lipinski definition) is 3. The van der Waals surface area contributed by atoms with Gasteiger partial charge in [0.05, 0.1) is 0 Å². The molecule has 0 spiro atoms. The smallest absolute Gasteiger partial charge is 0.392 e. The largest absolute Gasteiger partial charge is 0.406 e. The van der Waals surface area contributed by atoms with Crippen molar-refractivity contribution in [3.8, 4) is 0 Å². The minimum atomic E-state index is -4.39. The molecule has 86 valence electrons. The van der Waals surface area contributed by atoms with Crippen LogP contribution in [0.5, 0.6) is 0 Å². The van der Waals surface area contributed by atoms with Gasteiger partial charge in [0.25, 0.3) is 5.91 Å². The molecule has 0 radical (unpaired) electrons. The average Bonchev–Trinajstić information content (AvgIpc) is 2.47. The molecule has 1 aliphatic heterocycles. The maximum absolute atomic E-state index is 12.0. The highest BCUT2D eigenvalue weighted by Crippen LogP contribution is 2.17. The molecule has 1 heterocycles. The van der Waals surface area contributed by atoms with Crippen LogP contribution in [0, 0.1) is 0 Å². The van der Waals surface area contributed by atoms with E-state index in [2.05, 4.69) is 5.16 Å². The zero-order valence-electron chi connectivity index (χ0n) is 8.34. The second kappa shape index (κ2) is 4.08. The predicted octanol–water partition coefficient (Wildman–Crippen LogP) is 1.17. The quantitative estimate of drug-likeness (QED) is 0.706. The van der Waals surface area contributed by atoms with Crippen LogP contribution in [0.15, 0.2) is 5.16 Å². The van der Waals surface area contributed by atoms with E-state index < -0.39 is 18.6 Å². The molecule has 0 saturated heterocycles. The van der Waals surface area contributed by atoms with Crippen molar-refractivity contribution in [3.63, 3.8) is 0 Å². The third kappa shape index (κ3) is 3.41. The van der Waals surface area contributed by atoms with Crippen molar-refractivity contribution in [3.05, 3.63) is 0 Å². The highest BCUT2D eigenvalue weighted by atomic mass is 19.4. The van der Waals surface area contributed by atoms with Gasteiger partial charge in [-0.15, -0.1) is 0 Å². The van der Waals surface area contributed by atoms with E-state index in [4.69, 9.17) is 4.84 Å². The molecule has 7 heteroatoms. The summed E-state index contributed by atoms with van der Waals surface area (Å²) in [4.78, 5) is 16.7. The fourth-order valence-corrected chi connectivity index (χ4v) is 1.19. The molecule has 15 heavy (non-hydrogen) atoms. The van der Waals surface area contributed by atoms with Gasteiger partial charge in [0.2, 0.25) is 0 Å². The monoisotopic (exact) mass is 224 g/mol. The van der Waals surface area contributed by atoms with Crippen molar-refractivity contribution in [1.29, 1.82) is 0 Å². The molecule has 0 aromatic heterocycles.